The van der Waals surface area contributed by atoms with Crippen molar-refractivity contribution in [2.75, 3.05) is 19.6 Å². The summed E-state index contributed by atoms with van der Waals surface area (Å²) >= 11 is 0. The van der Waals surface area contributed by atoms with Gasteiger partial charge in [-0.15, -0.1) is 0 Å². The minimum Gasteiger partial charge on any atom is -0.329 e. The summed E-state index contributed by atoms with van der Waals surface area (Å²) in [6, 6.07) is 5.71. The van der Waals surface area contributed by atoms with E-state index < -0.39 is 11.7 Å². The summed E-state index contributed by atoms with van der Waals surface area (Å²) in [6.45, 7) is 0.777. The molecule has 20 heavy (non-hydrogen) atoms. The minimum absolute atomic E-state index is 0.0405. The Bertz CT molecular complexity index is 479. The topological polar surface area (TPSA) is 29.3 Å². The molecule has 0 bridgehead atoms. The SMILES string of the molecule is NCC(c1ccc(F)cc1)N1CC=C(C(F)(F)F)CC1. The zero-order valence-corrected chi connectivity index (χ0v) is 10.8. The Kier molecular flexibility index (Phi) is 4.45. The summed E-state index contributed by atoms with van der Waals surface area (Å²) in [4.78, 5) is 1.88. The maximum atomic E-state index is 12.9. The van der Waals surface area contributed by atoms with Crippen LogP contribution in [-0.2, 0) is 0 Å². The van der Waals surface area contributed by atoms with Crippen LogP contribution >= 0.6 is 0 Å². The van der Waals surface area contributed by atoms with Crippen LogP contribution in [0.2, 0.25) is 0 Å². The number of alkyl halides is 3. The van der Waals surface area contributed by atoms with Gasteiger partial charge in [0.25, 0.3) is 0 Å². The number of halogens is 4. The summed E-state index contributed by atoms with van der Waals surface area (Å²) in [7, 11) is 0. The number of nitrogens with zero attached hydrogens (tertiary/aromatic N) is 1. The van der Waals surface area contributed by atoms with Crippen LogP contribution in [0.1, 0.15) is 18.0 Å². The van der Waals surface area contributed by atoms with E-state index in [2.05, 4.69) is 0 Å². The van der Waals surface area contributed by atoms with Crippen molar-refractivity contribution >= 4 is 0 Å². The van der Waals surface area contributed by atoms with Gasteiger partial charge in [-0.3, -0.25) is 4.90 Å². The highest BCUT2D eigenvalue weighted by Gasteiger charge is 2.35. The molecular weight excluding hydrogens is 272 g/mol. The lowest BCUT2D eigenvalue weighted by atomic mass is 10.0. The molecule has 6 heteroatoms. The molecule has 0 radical (unpaired) electrons. The average molecular weight is 288 g/mol. The molecule has 1 unspecified atom stereocenters. The fraction of sp³-hybridized carbons (Fsp3) is 0.429. The van der Waals surface area contributed by atoms with Crippen LogP contribution in [0.25, 0.3) is 0 Å². The number of hydrogen-bond acceptors (Lipinski definition) is 2. The molecule has 1 aromatic rings. The summed E-state index contributed by atoms with van der Waals surface area (Å²) in [6.07, 6.45) is -3.09. The second-order valence-electron chi connectivity index (χ2n) is 4.78. The van der Waals surface area contributed by atoms with Crippen molar-refractivity contribution in [1.82, 2.24) is 4.90 Å². The van der Waals surface area contributed by atoms with E-state index in [0.717, 1.165) is 5.56 Å². The molecule has 1 aliphatic heterocycles. The molecule has 2 N–H and O–H groups in total. The normalized spacial score (nSPS) is 18.8. The summed E-state index contributed by atoms with van der Waals surface area (Å²) in [5.74, 6) is -0.345. The van der Waals surface area contributed by atoms with Crippen molar-refractivity contribution in [2.45, 2.75) is 18.6 Å². The summed E-state index contributed by atoms with van der Waals surface area (Å²) in [5, 5.41) is 0. The molecule has 2 rings (SSSR count). The van der Waals surface area contributed by atoms with Crippen LogP contribution in [0.5, 0.6) is 0 Å². The second kappa shape index (κ2) is 5.93. The first-order valence-electron chi connectivity index (χ1n) is 6.37. The molecule has 0 aromatic heterocycles. The Labute approximate surface area is 114 Å². The van der Waals surface area contributed by atoms with Crippen LogP contribution in [-0.4, -0.2) is 30.7 Å². The highest BCUT2D eigenvalue weighted by Crippen LogP contribution is 2.32. The zero-order valence-electron chi connectivity index (χ0n) is 10.8. The zero-order chi connectivity index (χ0) is 14.8. The first-order chi connectivity index (χ1) is 9.41. The van der Waals surface area contributed by atoms with Gasteiger partial charge >= 0.3 is 6.18 Å². The van der Waals surface area contributed by atoms with Crippen LogP contribution in [0, 0.1) is 5.82 Å². The molecule has 0 amide bonds. The van der Waals surface area contributed by atoms with Gasteiger partial charge in [-0.25, -0.2) is 4.39 Å². The van der Waals surface area contributed by atoms with Gasteiger partial charge in [-0.1, -0.05) is 18.2 Å². The highest BCUT2D eigenvalue weighted by atomic mass is 19.4. The lowest BCUT2D eigenvalue weighted by Crippen LogP contribution is -2.38. The van der Waals surface area contributed by atoms with E-state index in [9.17, 15) is 17.6 Å². The van der Waals surface area contributed by atoms with Crippen LogP contribution in [0.15, 0.2) is 35.9 Å². The number of hydrogen-bond donors (Lipinski definition) is 1. The van der Waals surface area contributed by atoms with Crippen molar-refractivity contribution in [1.29, 1.82) is 0 Å². The quantitative estimate of drug-likeness (QED) is 0.684. The van der Waals surface area contributed by atoms with Gasteiger partial charge in [0.05, 0.1) is 0 Å². The Morgan fingerprint density at radius 1 is 1.20 bits per heavy atom. The summed E-state index contributed by atoms with van der Waals surface area (Å²) in [5.41, 5.74) is 6.05. The monoisotopic (exact) mass is 288 g/mol. The fourth-order valence-electron chi connectivity index (χ4n) is 2.41. The highest BCUT2D eigenvalue weighted by molar-refractivity contribution is 5.22. The molecule has 0 saturated carbocycles. The molecule has 2 nitrogen and oxygen atoms in total. The average Bonchev–Trinajstić information content (AvgIpc) is 2.41. The third-order valence-corrected chi connectivity index (χ3v) is 3.52. The van der Waals surface area contributed by atoms with E-state index in [0.29, 0.717) is 6.54 Å². The predicted molar refractivity (Wildman–Crippen MR) is 68.5 cm³/mol. The third-order valence-electron chi connectivity index (χ3n) is 3.52. The Morgan fingerprint density at radius 3 is 2.30 bits per heavy atom. The van der Waals surface area contributed by atoms with E-state index in [1.54, 1.807) is 12.1 Å². The van der Waals surface area contributed by atoms with Gasteiger partial charge in [0.2, 0.25) is 0 Å². The Balaban J connectivity index is 2.11. The smallest absolute Gasteiger partial charge is 0.329 e. The van der Waals surface area contributed by atoms with Crippen molar-refractivity contribution in [3.63, 3.8) is 0 Å². The van der Waals surface area contributed by atoms with E-state index in [4.69, 9.17) is 5.73 Å². The van der Waals surface area contributed by atoms with E-state index in [1.807, 2.05) is 4.90 Å². The van der Waals surface area contributed by atoms with E-state index in [1.165, 1.54) is 18.2 Å². The molecule has 0 fully saturated rings. The maximum absolute atomic E-state index is 12.9. The molecule has 0 saturated heterocycles. The minimum atomic E-state index is -4.25. The van der Waals surface area contributed by atoms with Crippen LogP contribution < -0.4 is 5.73 Å². The molecule has 1 aromatic carbocycles. The Hall–Kier alpha value is -1.40. The Morgan fingerprint density at radius 2 is 1.85 bits per heavy atom. The fourth-order valence-corrected chi connectivity index (χ4v) is 2.41. The van der Waals surface area contributed by atoms with Crippen molar-refractivity contribution in [2.24, 2.45) is 5.73 Å². The van der Waals surface area contributed by atoms with Crippen molar-refractivity contribution < 1.29 is 17.6 Å². The molecular formula is C14H16F4N2. The van der Waals surface area contributed by atoms with Crippen molar-refractivity contribution in [3.8, 4) is 0 Å². The maximum Gasteiger partial charge on any atom is 0.412 e. The predicted octanol–water partition coefficient (Wildman–Crippen LogP) is 3.02. The standard InChI is InChI=1S/C14H16F4N2/c15-12-3-1-10(2-4-12)13(9-19)20-7-5-11(6-8-20)14(16,17)18/h1-5,13H,6-9,19H2. The lowest BCUT2D eigenvalue weighted by Gasteiger charge is -2.34. The first-order valence-corrected chi connectivity index (χ1v) is 6.37. The largest absolute Gasteiger partial charge is 0.412 e. The number of benzene rings is 1. The summed E-state index contributed by atoms with van der Waals surface area (Å²) < 4.78 is 50.6. The van der Waals surface area contributed by atoms with Crippen LogP contribution in [0.3, 0.4) is 0 Å². The van der Waals surface area contributed by atoms with Gasteiger partial charge < -0.3 is 5.73 Å². The number of nitrogens with two attached hydrogens (primary N) is 1. The van der Waals surface area contributed by atoms with Gasteiger partial charge in [-0.05, 0) is 24.1 Å². The van der Waals surface area contributed by atoms with Gasteiger partial charge in [-0.2, -0.15) is 13.2 Å². The number of rotatable bonds is 3. The molecule has 0 spiro atoms. The molecule has 1 heterocycles. The van der Waals surface area contributed by atoms with Crippen LogP contribution in [0.4, 0.5) is 17.6 Å². The van der Waals surface area contributed by atoms with Gasteiger partial charge in [0.15, 0.2) is 0 Å². The van der Waals surface area contributed by atoms with Crippen molar-refractivity contribution in [3.05, 3.63) is 47.3 Å². The molecule has 110 valence electrons. The third kappa shape index (κ3) is 3.37. The molecule has 0 aliphatic carbocycles. The van der Waals surface area contributed by atoms with Gasteiger partial charge in [0.1, 0.15) is 5.82 Å². The second-order valence-corrected chi connectivity index (χ2v) is 4.78. The van der Waals surface area contributed by atoms with Gasteiger partial charge in [0, 0.05) is 31.2 Å². The molecule has 1 atom stereocenters. The lowest BCUT2D eigenvalue weighted by molar-refractivity contribution is -0.0964. The molecule has 1 aliphatic rings. The van der Waals surface area contributed by atoms with E-state index >= 15 is 0 Å². The first kappa shape index (κ1) is 15.0. The van der Waals surface area contributed by atoms with E-state index in [-0.39, 0.29) is 31.4 Å².